The van der Waals surface area contributed by atoms with Crippen molar-refractivity contribution in [3.05, 3.63) is 59.1 Å². The summed E-state index contributed by atoms with van der Waals surface area (Å²) < 4.78 is 1.88. The Bertz CT molecular complexity index is 1000. The van der Waals surface area contributed by atoms with Gasteiger partial charge in [-0.1, -0.05) is 12.1 Å². The molecule has 1 N–H and O–H groups in total. The van der Waals surface area contributed by atoms with Gasteiger partial charge in [0.2, 0.25) is 5.95 Å². The molecule has 0 amide bonds. The first kappa shape index (κ1) is 15.5. The molecule has 0 spiro atoms. The van der Waals surface area contributed by atoms with E-state index < -0.39 is 0 Å². The molecule has 0 radical (unpaired) electrons. The van der Waals surface area contributed by atoms with Crippen molar-refractivity contribution in [2.75, 3.05) is 12.4 Å². The number of aromatic nitrogens is 3. The minimum atomic E-state index is 0.0379. The third-order valence-corrected chi connectivity index (χ3v) is 5.88. The minimum absolute atomic E-state index is 0.0379. The Kier molecular flexibility index (Phi) is 3.53. The van der Waals surface area contributed by atoms with Gasteiger partial charge in [-0.05, 0) is 50.6 Å². The molecule has 2 aliphatic heterocycles. The van der Waals surface area contributed by atoms with Crippen LogP contribution in [0.15, 0.2) is 53.6 Å². The molecule has 2 unspecified atom stereocenters. The van der Waals surface area contributed by atoms with Gasteiger partial charge < -0.3 is 10.2 Å². The van der Waals surface area contributed by atoms with Gasteiger partial charge in [-0.25, -0.2) is 4.98 Å². The summed E-state index contributed by atoms with van der Waals surface area (Å²) in [6.45, 7) is 0. The number of anilines is 2. The van der Waals surface area contributed by atoms with Crippen LogP contribution in [0.2, 0.25) is 0 Å². The third-order valence-electron chi connectivity index (χ3n) is 5.88. The average molecular weight is 347 g/mol. The molecule has 1 aromatic carbocycles. The van der Waals surface area contributed by atoms with Crippen LogP contribution >= 0.6 is 0 Å². The van der Waals surface area contributed by atoms with Gasteiger partial charge in [0.1, 0.15) is 0 Å². The highest BCUT2D eigenvalue weighted by atomic mass is 16.1. The molecule has 4 heterocycles. The van der Waals surface area contributed by atoms with E-state index in [9.17, 15) is 4.79 Å². The Morgan fingerprint density at radius 2 is 1.81 bits per heavy atom. The van der Waals surface area contributed by atoms with E-state index in [0.717, 1.165) is 24.0 Å². The Labute approximate surface area is 151 Å². The number of nitrogens with zero attached hydrogens (tertiary/aromatic N) is 4. The van der Waals surface area contributed by atoms with E-state index in [1.165, 1.54) is 6.42 Å². The van der Waals surface area contributed by atoms with E-state index >= 15 is 0 Å². The summed E-state index contributed by atoms with van der Waals surface area (Å²) >= 11 is 0. The van der Waals surface area contributed by atoms with E-state index in [4.69, 9.17) is 4.98 Å². The summed E-state index contributed by atoms with van der Waals surface area (Å²) in [5.74, 6) is 0.607. The van der Waals surface area contributed by atoms with Crippen LogP contribution in [0, 0.1) is 0 Å². The van der Waals surface area contributed by atoms with E-state index in [0.29, 0.717) is 23.4 Å². The summed E-state index contributed by atoms with van der Waals surface area (Å²) in [7, 11) is 2.19. The molecule has 6 rings (SSSR count). The zero-order valence-electron chi connectivity index (χ0n) is 14.7. The second-order valence-electron chi connectivity index (χ2n) is 7.33. The molecule has 2 atom stereocenters. The number of fused-ring (bicyclic) bond motifs is 3. The summed E-state index contributed by atoms with van der Waals surface area (Å²) in [5.41, 5.74) is 1.59. The molecule has 2 aromatic heterocycles. The lowest BCUT2D eigenvalue weighted by Gasteiger charge is -2.54. The maximum atomic E-state index is 13.3. The third kappa shape index (κ3) is 2.41. The second kappa shape index (κ2) is 5.92. The van der Waals surface area contributed by atoms with Crippen molar-refractivity contribution >= 4 is 22.5 Å². The largest absolute Gasteiger partial charge is 0.324 e. The van der Waals surface area contributed by atoms with E-state index in [1.807, 2.05) is 41.0 Å². The molecular weight excluding hydrogens is 326 g/mol. The highest BCUT2D eigenvalue weighted by molar-refractivity contribution is 5.79. The van der Waals surface area contributed by atoms with Crippen LogP contribution in [0.1, 0.15) is 25.3 Å². The Morgan fingerprint density at radius 1 is 1.04 bits per heavy atom. The average Bonchev–Trinajstić information content (AvgIpc) is 2.68. The zero-order chi connectivity index (χ0) is 17.7. The number of para-hydroxylation sites is 1. The number of piperidine rings is 1. The quantitative estimate of drug-likeness (QED) is 0.789. The van der Waals surface area contributed by atoms with Crippen LogP contribution in [0.3, 0.4) is 0 Å². The van der Waals surface area contributed by atoms with Crippen LogP contribution in [0.5, 0.6) is 0 Å². The van der Waals surface area contributed by atoms with Gasteiger partial charge in [-0.15, -0.1) is 0 Å². The molecule has 6 nitrogen and oxygen atoms in total. The SMILES string of the molecule is CN1C2CC1CC(n1c(Nc3cccnc3)nc3ccccc3c1=O)C2. The second-order valence-corrected chi connectivity index (χ2v) is 7.33. The number of benzene rings is 1. The van der Waals surface area contributed by atoms with Crippen molar-refractivity contribution < 1.29 is 0 Å². The summed E-state index contributed by atoms with van der Waals surface area (Å²) in [4.78, 5) is 24.7. The lowest BCUT2D eigenvalue weighted by atomic mass is 9.77. The first-order valence-electron chi connectivity index (χ1n) is 9.11. The molecule has 1 saturated carbocycles. The van der Waals surface area contributed by atoms with Crippen molar-refractivity contribution in [1.29, 1.82) is 0 Å². The van der Waals surface area contributed by atoms with Crippen LogP contribution in [-0.4, -0.2) is 38.6 Å². The van der Waals surface area contributed by atoms with Gasteiger partial charge in [-0.2, -0.15) is 0 Å². The first-order valence-corrected chi connectivity index (χ1v) is 9.11. The topological polar surface area (TPSA) is 63.1 Å². The van der Waals surface area contributed by atoms with Crippen LogP contribution < -0.4 is 10.9 Å². The maximum absolute atomic E-state index is 13.3. The van der Waals surface area contributed by atoms with Gasteiger partial charge in [0.05, 0.1) is 22.8 Å². The molecule has 3 fully saturated rings. The molecule has 132 valence electrons. The van der Waals surface area contributed by atoms with Crippen molar-refractivity contribution in [1.82, 2.24) is 19.4 Å². The van der Waals surface area contributed by atoms with Gasteiger partial charge in [0.15, 0.2) is 0 Å². The molecule has 1 aliphatic carbocycles. The number of nitrogens with one attached hydrogen (secondary N) is 1. The predicted octanol–water partition coefficient (Wildman–Crippen LogP) is 2.94. The van der Waals surface area contributed by atoms with Gasteiger partial charge in [0.25, 0.3) is 5.56 Å². The van der Waals surface area contributed by atoms with Crippen molar-refractivity contribution in [3.8, 4) is 0 Å². The molecular formula is C20H21N5O. The lowest BCUT2D eigenvalue weighted by molar-refractivity contribution is -0.0266. The number of pyridine rings is 1. The van der Waals surface area contributed by atoms with Crippen molar-refractivity contribution in [2.45, 2.75) is 37.4 Å². The molecule has 3 aliphatic rings. The van der Waals surface area contributed by atoms with Crippen LogP contribution in [0.25, 0.3) is 10.9 Å². The fourth-order valence-electron chi connectivity index (χ4n) is 4.41. The monoisotopic (exact) mass is 347 g/mol. The lowest BCUT2D eigenvalue weighted by Crippen LogP contribution is -2.59. The minimum Gasteiger partial charge on any atom is -0.324 e. The van der Waals surface area contributed by atoms with Gasteiger partial charge in [0, 0.05) is 24.3 Å². The summed E-state index contributed by atoms with van der Waals surface area (Å²) in [6, 6.07) is 12.7. The van der Waals surface area contributed by atoms with Gasteiger partial charge >= 0.3 is 0 Å². The smallest absolute Gasteiger partial charge is 0.263 e. The number of hydrogen-bond acceptors (Lipinski definition) is 5. The number of rotatable bonds is 3. The molecule has 6 heteroatoms. The Hall–Kier alpha value is -2.73. The molecule has 2 saturated heterocycles. The van der Waals surface area contributed by atoms with Crippen molar-refractivity contribution in [3.63, 3.8) is 0 Å². The fraction of sp³-hybridized carbons (Fsp3) is 0.350. The number of hydrogen-bond donors (Lipinski definition) is 1. The molecule has 2 bridgehead atoms. The molecule has 3 aromatic rings. The fourth-order valence-corrected chi connectivity index (χ4v) is 4.41. The highest BCUT2D eigenvalue weighted by Gasteiger charge is 2.44. The summed E-state index contributed by atoms with van der Waals surface area (Å²) in [5, 5.41) is 4.00. The zero-order valence-corrected chi connectivity index (χ0v) is 14.7. The predicted molar refractivity (Wildman–Crippen MR) is 102 cm³/mol. The highest BCUT2D eigenvalue weighted by Crippen LogP contribution is 2.42. The maximum Gasteiger partial charge on any atom is 0.263 e. The standard InChI is InChI=1S/C20H21N5O/c1-24-14-9-15(24)11-16(10-14)25-19(26)17-6-2-3-7-18(17)23-20(25)22-13-5-4-8-21-12-13/h2-8,12,14-16H,9-11H2,1H3,(H,22,23). The first-order chi connectivity index (χ1) is 12.7. The van der Waals surface area contributed by atoms with Gasteiger partial charge in [-0.3, -0.25) is 14.3 Å². The van der Waals surface area contributed by atoms with Crippen LogP contribution in [0.4, 0.5) is 11.6 Å². The van der Waals surface area contributed by atoms with Crippen molar-refractivity contribution in [2.24, 2.45) is 0 Å². The summed E-state index contributed by atoms with van der Waals surface area (Å²) in [6.07, 6.45) is 6.71. The Balaban J connectivity index is 1.63. The molecule has 26 heavy (non-hydrogen) atoms. The normalized spacial score (nSPS) is 25.0. The van der Waals surface area contributed by atoms with E-state index in [2.05, 4.69) is 22.2 Å². The Morgan fingerprint density at radius 3 is 2.54 bits per heavy atom. The van der Waals surface area contributed by atoms with Crippen LogP contribution in [-0.2, 0) is 0 Å². The van der Waals surface area contributed by atoms with E-state index in [-0.39, 0.29) is 11.6 Å². The van der Waals surface area contributed by atoms with E-state index in [1.54, 1.807) is 12.4 Å².